The fourth-order valence-corrected chi connectivity index (χ4v) is 2.57. The molecule has 2 aromatic rings. The minimum absolute atomic E-state index is 0.0327. The summed E-state index contributed by atoms with van der Waals surface area (Å²) in [6.45, 7) is 0.428. The van der Waals surface area contributed by atoms with Gasteiger partial charge in [-0.2, -0.15) is 5.26 Å². The molecule has 3 rings (SSSR count). The molecule has 0 atom stereocenters. The molecule has 7 heteroatoms. The first-order valence-corrected chi connectivity index (χ1v) is 6.48. The molecule has 2 heterocycles. The minimum Gasteiger partial charge on any atom is -0.464 e. The Morgan fingerprint density at radius 1 is 1.50 bits per heavy atom. The quantitative estimate of drug-likeness (QED) is 0.802. The third-order valence-corrected chi connectivity index (χ3v) is 3.60. The van der Waals surface area contributed by atoms with Crippen LogP contribution in [-0.2, 0) is 11.3 Å². The van der Waals surface area contributed by atoms with Gasteiger partial charge in [0.2, 0.25) is 0 Å². The van der Waals surface area contributed by atoms with E-state index in [1.807, 2.05) is 12.1 Å². The number of nitrogens with one attached hydrogen (secondary N) is 1. The Labute approximate surface area is 125 Å². The molecule has 110 valence electrons. The lowest BCUT2D eigenvalue weighted by atomic mass is 10.1. The molecule has 1 aliphatic rings. The summed E-state index contributed by atoms with van der Waals surface area (Å²) in [5.41, 5.74) is 7.86. The summed E-state index contributed by atoms with van der Waals surface area (Å²) in [4.78, 5) is 24.0. The smallest absolute Gasteiger partial charge is 0.357 e. The van der Waals surface area contributed by atoms with Crippen LogP contribution in [0, 0.1) is 11.3 Å². The zero-order chi connectivity index (χ0) is 15.9. The molecule has 1 amide bonds. The van der Waals surface area contributed by atoms with Gasteiger partial charge in [0.05, 0.1) is 29.6 Å². The van der Waals surface area contributed by atoms with Crippen LogP contribution < -0.4 is 11.1 Å². The first-order chi connectivity index (χ1) is 10.6. The van der Waals surface area contributed by atoms with Crippen molar-refractivity contribution in [3.63, 3.8) is 0 Å². The largest absolute Gasteiger partial charge is 0.464 e. The summed E-state index contributed by atoms with van der Waals surface area (Å²) in [6.07, 6.45) is 1.43. The lowest BCUT2D eigenvalue weighted by Crippen LogP contribution is -2.16. The van der Waals surface area contributed by atoms with E-state index in [-0.39, 0.29) is 22.9 Å². The van der Waals surface area contributed by atoms with Crippen LogP contribution in [-0.4, -0.2) is 23.6 Å². The summed E-state index contributed by atoms with van der Waals surface area (Å²) in [6, 6.07) is 7.22. The van der Waals surface area contributed by atoms with Gasteiger partial charge in [-0.1, -0.05) is 12.1 Å². The third kappa shape index (κ3) is 1.82. The second kappa shape index (κ2) is 4.93. The topological polar surface area (TPSA) is 110 Å². The number of rotatable bonds is 2. The van der Waals surface area contributed by atoms with E-state index in [2.05, 4.69) is 5.32 Å². The van der Waals surface area contributed by atoms with E-state index in [0.717, 1.165) is 5.56 Å². The molecule has 0 spiro atoms. The molecule has 0 saturated carbocycles. The van der Waals surface area contributed by atoms with Crippen molar-refractivity contribution < 1.29 is 14.3 Å². The maximum Gasteiger partial charge on any atom is 0.357 e. The molecular weight excluding hydrogens is 284 g/mol. The van der Waals surface area contributed by atoms with Crippen LogP contribution in [0.2, 0.25) is 0 Å². The fourth-order valence-electron chi connectivity index (χ4n) is 2.57. The van der Waals surface area contributed by atoms with Crippen molar-refractivity contribution in [1.82, 2.24) is 9.88 Å². The Kier molecular flexibility index (Phi) is 3.07. The molecule has 0 unspecified atom stereocenters. The molecule has 0 aliphatic carbocycles. The SMILES string of the molecule is COC(=O)c1c(N)c(C#N)cn1-c1cccc2c1C(=O)NC2. The van der Waals surface area contributed by atoms with Crippen LogP contribution in [0.5, 0.6) is 0 Å². The van der Waals surface area contributed by atoms with E-state index in [4.69, 9.17) is 15.7 Å². The zero-order valence-corrected chi connectivity index (χ0v) is 11.7. The second-order valence-electron chi connectivity index (χ2n) is 4.77. The number of nitriles is 1. The maximum atomic E-state index is 12.0. The molecule has 22 heavy (non-hydrogen) atoms. The Balaban J connectivity index is 2.31. The zero-order valence-electron chi connectivity index (χ0n) is 11.7. The van der Waals surface area contributed by atoms with Gasteiger partial charge in [-0.25, -0.2) is 4.79 Å². The van der Waals surface area contributed by atoms with Crippen LogP contribution in [0.1, 0.15) is 32.0 Å². The Morgan fingerprint density at radius 3 is 2.95 bits per heavy atom. The Morgan fingerprint density at radius 2 is 2.27 bits per heavy atom. The number of fused-ring (bicyclic) bond motifs is 1. The van der Waals surface area contributed by atoms with Gasteiger partial charge in [0.15, 0.2) is 5.69 Å². The van der Waals surface area contributed by atoms with Gasteiger partial charge in [0.1, 0.15) is 6.07 Å². The number of esters is 1. The molecular formula is C15H12N4O3. The average molecular weight is 296 g/mol. The summed E-state index contributed by atoms with van der Waals surface area (Å²) in [7, 11) is 1.23. The lowest BCUT2D eigenvalue weighted by Gasteiger charge is -2.11. The molecule has 1 aromatic carbocycles. The highest BCUT2D eigenvalue weighted by Gasteiger charge is 2.27. The van der Waals surface area contributed by atoms with Gasteiger partial charge in [-0.3, -0.25) is 4.79 Å². The standard InChI is InChI=1S/C15H12N4O3/c1-22-15(21)13-12(17)9(5-16)7-19(13)10-4-2-3-8-6-18-14(20)11(8)10/h2-4,7H,6,17H2,1H3,(H,18,20). The average Bonchev–Trinajstić information content (AvgIpc) is 3.07. The van der Waals surface area contributed by atoms with Gasteiger partial charge in [0, 0.05) is 12.7 Å². The highest BCUT2D eigenvalue weighted by atomic mass is 16.5. The number of amides is 1. The van der Waals surface area contributed by atoms with Crippen molar-refractivity contribution in [2.24, 2.45) is 0 Å². The third-order valence-electron chi connectivity index (χ3n) is 3.60. The van der Waals surface area contributed by atoms with Gasteiger partial charge < -0.3 is 20.4 Å². The summed E-state index contributed by atoms with van der Waals surface area (Å²) in [5.74, 6) is -0.901. The number of nitrogens with zero attached hydrogens (tertiary/aromatic N) is 2. The van der Waals surface area contributed by atoms with E-state index in [1.54, 1.807) is 12.1 Å². The summed E-state index contributed by atoms with van der Waals surface area (Å²) in [5, 5.41) is 11.9. The van der Waals surface area contributed by atoms with Crippen LogP contribution in [0.3, 0.4) is 0 Å². The van der Waals surface area contributed by atoms with Crippen molar-refractivity contribution >= 4 is 17.6 Å². The number of hydrogen-bond acceptors (Lipinski definition) is 5. The van der Waals surface area contributed by atoms with E-state index >= 15 is 0 Å². The number of carbonyl (C=O) groups excluding carboxylic acids is 2. The van der Waals surface area contributed by atoms with Crippen LogP contribution in [0.15, 0.2) is 24.4 Å². The number of anilines is 1. The number of ether oxygens (including phenoxy) is 1. The predicted octanol–water partition coefficient (Wildman–Crippen LogP) is 0.961. The van der Waals surface area contributed by atoms with Crippen molar-refractivity contribution in [2.45, 2.75) is 6.54 Å². The van der Waals surface area contributed by atoms with Crippen molar-refractivity contribution in [1.29, 1.82) is 5.26 Å². The van der Waals surface area contributed by atoms with Crippen molar-refractivity contribution in [2.75, 3.05) is 12.8 Å². The summed E-state index contributed by atoms with van der Waals surface area (Å²) < 4.78 is 6.17. The number of aromatic nitrogens is 1. The molecule has 3 N–H and O–H groups in total. The number of hydrogen-bond donors (Lipinski definition) is 2. The molecule has 0 saturated heterocycles. The van der Waals surface area contributed by atoms with Crippen LogP contribution in [0.25, 0.3) is 5.69 Å². The van der Waals surface area contributed by atoms with E-state index in [9.17, 15) is 9.59 Å². The second-order valence-corrected chi connectivity index (χ2v) is 4.77. The van der Waals surface area contributed by atoms with Gasteiger partial charge in [-0.05, 0) is 11.6 Å². The van der Waals surface area contributed by atoms with Gasteiger partial charge in [0.25, 0.3) is 5.91 Å². The molecule has 1 aliphatic heterocycles. The van der Waals surface area contributed by atoms with Crippen molar-refractivity contribution in [3.8, 4) is 11.8 Å². The highest BCUT2D eigenvalue weighted by molar-refractivity contribution is 6.03. The van der Waals surface area contributed by atoms with Crippen LogP contribution >= 0.6 is 0 Å². The van der Waals surface area contributed by atoms with Gasteiger partial charge >= 0.3 is 5.97 Å². The normalized spacial score (nSPS) is 12.5. The van der Waals surface area contributed by atoms with E-state index in [0.29, 0.717) is 17.8 Å². The maximum absolute atomic E-state index is 12.0. The first kappa shape index (κ1) is 13.7. The van der Waals surface area contributed by atoms with Gasteiger partial charge in [-0.15, -0.1) is 0 Å². The highest BCUT2D eigenvalue weighted by Crippen LogP contribution is 2.29. The molecule has 7 nitrogen and oxygen atoms in total. The first-order valence-electron chi connectivity index (χ1n) is 6.48. The summed E-state index contributed by atoms with van der Waals surface area (Å²) >= 11 is 0. The number of nitrogens with two attached hydrogens (primary N) is 1. The van der Waals surface area contributed by atoms with Crippen molar-refractivity contribution in [3.05, 3.63) is 46.8 Å². The van der Waals surface area contributed by atoms with E-state index < -0.39 is 5.97 Å². The molecule has 0 bridgehead atoms. The number of methoxy groups -OCH3 is 1. The Hall–Kier alpha value is -3.27. The molecule has 0 radical (unpaired) electrons. The Bertz CT molecular complexity index is 845. The number of carbonyl (C=O) groups is 2. The van der Waals surface area contributed by atoms with E-state index in [1.165, 1.54) is 17.9 Å². The fraction of sp³-hybridized carbons (Fsp3) is 0.133. The lowest BCUT2D eigenvalue weighted by molar-refractivity contribution is 0.0592. The number of nitrogen functional groups attached to an aromatic ring is 1. The molecule has 1 aromatic heterocycles. The molecule has 0 fully saturated rings. The monoisotopic (exact) mass is 296 g/mol. The minimum atomic E-state index is -0.671. The number of benzene rings is 1. The predicted molar refractivity (Wildman–Crippen MR) is 77.4 cm³/mol. The van der Waals surface area contributed by atoms with Crippen LogP contribution in [0.4, 0.5) is 5.69 Å².